The molecule has 2 aromatic heterocycles. The lowest BCUT2D eigenvalue weighted by Gasteiger charge is -2.34. The monoisotopic (exact) mass is 392 g/mol. The fourth-order valence-corrected chi connectivity index (χ4v) is 3.92. The number of hydrogen-bond donors (Lipinski definition) is 2. The fourth-order valence-electron chi connectivity index (χ4n) is 3.92. The molecule has 3 N–H and O–H groups in total. The van der Waals surface area contributed by atoms with Crippen molar-refractivity contribution < 1.29 is 4.39 Å². The van der Waals surface area contributed by atoms with E-state index in [4.69, 9.17) is 10.7 Å². The molecule has 150 valence electrons. The number of nitrogens with two attached hydrogens (primary N) is 1. The first-order valence-corrected chi connectivity index (χ1v) is 9.68. The summed E-state index contributed by atoms with van der Waals surface area (Å²) in [6, 6.07) is 8.19. The van der Waals surface area contributed by atoms with Gasteiger partial charge in [-0.15, -0.1) is 0 Å². The topological polar surface area (TPSA) is 81.7 Å². The van der Waals surface area contributed by atoms with Gasteiger partial charge >= 0.3 is 0 Å². The van der Waals surface area contributed by atoms with Crippen LogP contribution in [-0.2, 0) is 6.42 Å². The van der Waals surface area contributed by atoms with Gasteiger partial charge in [0.1, 0.15) is 11.6 Å². The molecule has 4 rings (SSSR count). The number of imidazole rings is 1. The number of nitrogens with one attached hydrogen (secondary N) is 1. The lowest BCUT2D eigenvalue weighted by molar-refractivity contribution is 0.246. The summed E-state index contributed by atoms with van der Waals surface area (Å²) in [5.41, 5.74) is 9.03. The van der Waals surface area contributed by atoms with E-state index in [-0.39, 0.29) is 17.2 Å². The van der Waals surface area contributed by atoms with Crippen molar-refractivity contribution in [1.29, 1.82) is 0 Å². The van der Waals surface area contributed by atoms with Crippen LogP contribution in [-0.4, -0.2) is 33.1 Å². The van der Waals surface area contributed by atoms with Crippen LogP contribution in [0.25, 0.3) is 28.8 Å². The van der Waals surface area contributed by atoms with E-state index in [2.05, 4.69) is 46.0 Å². The molecule has 3 heterocycles. The van der Waals surface area contributed by atoms with E-state index in [0.29, 0.717) is 11.6 Å². The Morgan fingerprint density at radius 3 is 2.66 bits per heavy atom. The molecule has 6 nitrogen and oxygen atoms in total. The van der Waals surface area contributed by atoms with Crippen LogP contribution in [0.3, 0.4) is 0 Å². The average Bonchev–Trinajstić information content (AvgIpc) is 3.07. The molecule has 1 aliphatic heterocycles. The van der Waals surface area contributed by atoms with Crippen LogP contribution in [0.5, 0.6) is 0 Å². The molecule has 0 amide bonds. The lowest BCUT2D eigenvalue weighted by atomic mass is 9.76. The van der Waals surface area contributed by atoms with Crippen molar-refractivity contribution in [2.75, 3.05) is 19.3 Å². The molecular formula is C22H25FN6. The number of nitrogens with zero attached hydrogens (tertiary/aromatic N) is 4. The maximum Gasteiger partial charge on any atom is 0.220 e. The zero-order chi connectivity index (χ0) is 20.6. The summed E-state index contributed by atoms with van der Waals surface area (Å²) >= 11 is 0. The second-order valence-corrected chi connectivity index (χ2v) is 8.07. The normalized spacial score (nSPS) is 16.1. The van der Waals surface area contributed by atoms with Gasteiger partial charge < -0.3 is 15.6 Å². The standard InChI is InChI=1S/C22H25FN6/c1-22(2,13-25-3)15-9-11-29-18(12-15)28-19(14-4-6-16(23)7-5-14)20(29)17-8-10-26-21(24)27-17/h4-11,15,25H,12-13H2,1-3H3,(H2,24,26,27). The second-order valence-electron chi connectivity index (χ2n) is 8.07. The first-order chi connectivity index (χ1) is 13.9. The number of nitrogen functional groups attached to an aromatic ring is 1. The largest absolute Gasteiger partial charge is 0.368 e. The van der Waals surface area contributed by atoms with Gasteiger partial charge in [-0.25, -0.2) is 19.3 Å². The summed E-state index contributed by atoms with van der Waals surface area (Å²) < 4.78 is 15.5. The highest BCUT2D eigenvalue weighted by atomic mass is 19.1. The number of halogens is 1. The van der Waals surface area contributed by atoms with Crippen LogP contribution in [0.1, 0.15) is 19.7 Å². The molecule has 0 fully saturated rings. The number of rotatable bonds is 5. The van der Waals surface area contributed by atoms with Gasteiger partial charge in [-0.3, -0.25) is 0 Å². The van der Waals surface area contributed by atoms with Gasteiger partial charge in [-0.2, -0.15) is 0 Å². The molecular weight excluding hydrogens is 367 g/mol. The number of anilines is 1. The SMILES string of the molecule is CNCC(C)(C)C1C=Cn2c(nc(-c3ccc(F)cc3)c2-c2ccnc(N)n2)C1. The van der Waals surface area contributed by atoms with E-state index in [1.54, 1.807) is 18.3 Å². The van der Waals surface area contributed by atoms with Crippen molar-refractivity contribution in [2.24, 2.45) is 11.3 Å². The van der Waals surface area contributed by atoms with Crippen molar-refractivity contribution in [3.05, 3.63) is 54.2 Å². The average molecular weight is 392 g/mol. The summed E-state index contributed by atoms with van der Waals surface area (Å²) in [7, 11) is 1.97. The molecule has 1 atom stereocenters. The van der Waals surface area contributed by atoms with Crippen LogP contribution in [0.2, 0.25) is 0 Å². The number of allylic oxidation sites excluding steroid dienone is 1. The summed E-state index contributed by atoms with van der Waals surface area (Å²) in [5, 5.41) is 3.28. The smallest absolute Gasteiger partial charge is 0.220 e. The molecule has 0 saturated heterocycles. The molecule has 0 aliphatic carbocycles. The van der Waals surface area contributed by atoms with E-state index < -0.39 is 0 Å². The Hall–Kier alpha value is -3.06. The number of aromatic nitrogens is 4. The Kier molecular flexibility index (Phi) is 4.92. The highest BCUT2D eigenvalue weighted by Gasteiger charge is 2.32. The molecule has 1 unspecified atom stereocenters. The van der Waals surface area contributed by atoms with Crippen LogP contribution < -0.4 is 11.1 Å². The number of fused-ring (bicyclic) bond motifs is 1. The van der Waals surface area contributed by atoms with Crippen LogP contribution in [0.4, 0.5) is 10.3 Å². The molecule has 1 aliphatic rings. The first kappa shape index (κ1) is 19.3. The Bertz CT molecular complexity index is 1050. The third-order valence-electron chi connectivity index (χ3n) is 5.52. The zero-order valence-corrected chi connectivity index (χ0v) is 16.9. The van der Waals surface area contributed by atoms with Gasteiger partial charge in [-0.1, -0.05) is 19.9 Å². The van der Waals surface area contributed by atoms with E-state index in [9.17, 15) is 4.39 Å². The second kappa shape index (κ2) is 7.40. The Morgan fingerprint density at radius 2 is 1.97 bits per heavy atom. The molecule has 7 heteroatoms. The Labute approximate surface area is 169 Å². The molecule has 0 radical (unpaired) electrons. The van der Waals surface area contributed by atoms with Gasteiger partial charge in [0, 0.05) is 30.9 Å². The van der Waals surface area contributed by atoms with Crippen molar-refractivity contribution in [3.8, 4) is 22.6 Å². The first-order valence-electron chi connectivity index (χ1n) is 9.68. The number of benzene rings is 1. The van der Waals surface area contributed by atoms with Crippen molar-refractivity contribution in [1.82, 2.24) is 24.8 Å². The molecule has 0 saturated carbocycles. The van der Waals surface area contributed by atoms with Crippen LogP contribution in [0.15, 0.2) is 42.6 Å². The van der Waals surface area contributed by atoms with Crippen LogP contribution >= 0.6 is 0 Å². The van der Waals surface area contributed by atoms with Gasteiger partial charge in [0.25, 0.3) is 0 Å². The maximum absolute atomic E-state index is 13.5. The van der Waals surface area contributed by atoms with E-state index in [0.717, 1.165) is 35.7 Å². The molecule has 29 heavy (non-hydrogen) atoms. The van der Waals surface area contributed by atoms with Gasteiger partial charge in [-0.05, 0) is 48.7 Å². The molecule has 1 aromatic carbocycles. The van der Waals surface area contributed by atoms with Crippen molar-refractivity contribution >= 4 is 12.1 Å². The maximum atomic E-state index is 13.5. The predicted molar refractivity (Wildman–Crippen MR) is 113 cm³/mol. The minimum Gasteiger partial charge on any atom is -0.368 e. The Balaban J connectivity index is 1.85. The summed E-state index contributed by atoms with van der Waals surface area (Å²) in [6.45, 7) is 5.41. The Morgan fingerprint density at radius 1 is 1.21 bits per heavy atom. The van der Waals surface area contributed by atoms with Crippen molar-refractivity contribution in [3.63, 3.8) is 0 Å². The predicted octanol–water partition coefficient (Wildman–Crippen LogP) is 3.62. The zero-order valence-electron chi connectivity index (χ0n) is 16.9. The quantitative estimate of drug-likeness (QED) is 0.693. The van der Waals surface area contributed by atoms with Gasteiger partial charge in [0.05, 0.1) is 17.1 Å². The van der Waals surface area contributed by atoms with Gasteiger partial charge in [0.2, 0.25) is 5.95 Å². The summed E-state index contributed by atoms with van der Waals surface area (Å²) in [6.07, 6.45) is 6.74. The number of hydrogen-bond acceptors (Lipinski definition) is 5. The fraction of sp³-hybridized carbons (Fsp3) is 0.318. The third-order valence-corrected chi connectivity index (χ3v) is 5.52. The molecule has 3 aromatic rings. The summed E-state index contributed by atoms with van der Waals surface area (Å²) in [5.74, 6) is 1.22. The van der Waals surface area contributed by atoms with Crippen LogP contribution in [0, 0.1) is 17.2 Å². The lowest BCUT2D eigenvalue weighted by Crippen LogP contribution is -2.35. The van der Waals surface area contributed by atoms with E-state index in [1.807, 2.05) is 13.1 Å². The van der Waals surface area contributed by atoms with Gasteiger partial charge in [0.15, 0.2) is 0 Å². The highest BCUT2D eigenvalue weighted by Crippen LogP contribution is 2.38. The minimum atomic E-state index is -0.278. The third kappa shape index (κ3) is 3.65. The van der Waals surface area contributed by atoms with E-state index in [1.165, 1.54) is 12.1 Å². The molecule has 0 spiro atoms. The van der Waals surface area contributed by atoms with E-state index >= 15 is 0 Å². The summed E-state index contributed by atoms with van der Waals surface area (Å²) in [4.78, 5) is 13.4. The van der Waals surface area contributed by atoms with Crippen molar-refractivity contribution in [2.45, 2.75) is 20.3 Å². The minimum absolute atomic E-state index is 0.0813. The highest BCUT2D eigenvalue weighted by molar-refractivity contribution is 5.79. The molecule has 0 bridgehead atoms.